The first kappa shape index (κ1) is 18.9. The van der Waals surface area contributed by atoms with Crippen LogP contribution in [0.1, 0.15) is 32.4 Å². The van der Waals surface area contributed by atoms with Gasteiger partial charge in [-0.25, -0.2) is 4.98 Å². The Labute approximate surface area is 161 Å². The number of thioether (sulfide) groups is 1. The van der Waals surface area contributed by atoms with Crippen LogP contribution in [0.25, 0.3) is 0 Å². The van der Waals surface area contributed by atoms with Crippen LogP contribution in [0.5, 0.6) is 0 Å². The molecular formula is C18H22N4O2S2. The number of nitrogens with one attached hydrogen (secondary N) is 1. The molecule has 0 aliphatic rings. The van der Waals surface area contributed by atoms with Gasteiger partial charge in [0.15, 0.2) is 5.78 Å². The van der Waals surface area contributed by atoms with Crippen molar-refractivity contribution in [3.05, 3.63) is 51.2 Å². The number of methoxy groups -OCH3 is 1. The minimum Gasteiger partial charge on any atom is -0.383 e. The zero-order chi connectivity index (χ0) is 18.5. The first-order chi connectivity index (χ1) is 12.6. The van der Waals surface area contributed by atoms with Crippen LogP contribution < -0.4 is 0 Å². The summed E-state index contributed by atoms with van der Waals surface area (Å²) in [6.07, 6.45) is 0.736. The zero-order valence-electron chi connectivity index (χ0n) is 15.1. The van der Waals surface area contributed by atoms with E-state index in [2.05, 4.69) is 25.8 Å². The van der Waals surface area contributed by atoms with Crippen LogP contribution in [-0.2, 0) is 17.7 Å². The molecule has 0 saturated heterocycles. The second-order valence-electron chi connectivity index (χ2n) is 5.96. The Hall–Kier alpha value is -1.90. The predicted molar refractivity (Wildman–Crippen MR) is 104 cm³/mol. The third-order valence-electron chi connectivity index (χ3n) is 4.16. The molecule has 0 fully saturated rings. The van der Waals surface area contributed by atoms with Gasteiger partial charge in [0.05, 0.1) is 12.4 Å². The fraction of sp³-hybridized carbons (Fsp3) is 0.389. The summed E-state index contributed by atoms with van der Waals surface area (Å²) in [5, 5.41) is 9.81. The lowest BCUT2D eigenvalue weighted by molar-refractivity contribution is 0.102. The van der Waals surface area contributed by atoms with Gasteiger partial charge < -0.3 is 9.30 Å². The monoisotopic (exact) mass is 390 g/mol. The quantitative estimate of drug-likeness (QED) is 0.447. The molecule has 6 nitrogen and oxygen atoms in total. The maximum atomic E-state index is 12.6. The van der Waals surface area contributed by atoms with Gasteiger partial charge in [-0.1, -0.05) is 17.8 Å². The molecule has 3 heterocycles. The molecule has 0 unspecified atom stereocenters. The van der Waals surface area contributed by atoms with E-state index in [0.717, 1.165) is 35.7 Å². The van der Waals surface area contributed by atoms with E-state index < -0.39 is 0 Å². The number of ether oxygens (including phenoxy) is 1. The minimum absolute atomic E-state index is 0.0939. The molecule has 0 saturated carbocycles. The Balaban J connectivity index is 1.60. The molecule has 0 aliphatic carbocycles. The SMILES string of the molecule is COCCn1c(C)cc(C(=O)CSc2n[nH]c(Cc3cccs3)n2)c1C. The molecule has 0 aromatic carbocycles. The fourth-order valence-corrected chi connectivity index (χ4v) is 4.23. The van der Waals surface area contributed by atoms with Crippen molar-refractivity contribution in [3.63, 3.8) is 0 Å². The number of H-pyrrole nitrogens is 1. The molecule has 0 spiro atoms. The van der Waals surface area contributed by atoms with Gasteiger partial charge in [-0.15, -0.1) is 16.4 Å². The first-order valence-corrected chi connectivity index (χ1v) is 10.2. The van der Waals surface area contributed by atoms with Crippen LogP contribution >= 0.6 is 23.1 Å². The van der Waals surface area contributed by atoms with E-state index in [1.807, 2.05) is 31.4 Å². The molecule has 0 bridgehead atoms. The van der Waals surface area contributed by atoms with Gasteiger partial charge in [-0.05, 0) is 31.4 Å². The van der Waals surface area contributed by atoms with Crippen LogP contribution in [0.4, 0.5) is 0 Å². The van der Waals surface area contributed by atoms with Gasteiger partial charge in [-0.2, -0.15) is 0 Å². The smallest absolute Gasteiger partial charge is 0.208 e. The molecule has 3 aromatic rings. The van der Waals surface area contributed by atoms with Crippen molar-refractivity contribution in [2.75, 3.05) is 19.5 Å². The first-order valence-electron chi connectivity index (χ1n) is 8.33. The van der Waals surface area contributed by atoms with E-state index in [4.69, 9.17) is 4.74 Å². The van der Waals surface area contributed by atoms with E-state index in [1.54, 1.807) is 18.4 Å². The number of thiophene rings is 1. The van der Waals surface area contributed by atoms with Gasteiger partial charge in [0.2, 0.25) is 5.16 Å². The van der Waals surface area contributed by atoms with Gasteiger partial charge >= 0.3 is 0 Å². The molecule has 3 rings (SSSR count). The molecule has 0 radical (unpaired) electrons. The van der Waals surface area contributed by atoms with Crippen molar-refractivity contribution >= 4 is 28.9 Å². The lowest BCUT2D eigenvalue weighted by atomic mass is 10.2. The van der Waals surface area contributed by atoms with E-state index in [-0.39, 0.29) is 5.78 Å². The highest BCUT2D eigenvalue weighted by atomic mass is 32.2. The molecule has 1 N–H and O–H groups in total. The number of hydrogen-bond acceptors (Lipinski definition) is 6. The maximum absolute atomic E-state index is 12.6. The Bertz CT molecular complexity index is 868. The molecule has 8 heteroatoms. The topological polar surface area (TPSA) is 72.8 Å². The van der Waals surface area contributed by atoms with Crippen LogP contribution in [0.2, 0.25) is 0 Å². The number of aromatic nitrogens is 4. The summed E-state index contributed by atoms with van der Waals surface area (Å²) in [5.74, 6) is 1.24. The van der Waals surface area contributed by atoms with Crippen LogP contribution in [0.15, 0.2) is 28.7 Å². The third kappa shape index (κ3) is 4.44. The second kappa shape index (κ2) is 8.66. The fourth-order valence-electron chi connectivity index (χ4n) is 2.82. The highest BCUT2D eigenvalue weighted by Crippen LogP contribution is 2.21. The van der Waals surface area contributed by atoms with Crippen LogP contribution in [0.3, 0.4) is 0 Å². The second-order valence-corrected chi connectivity index (χ2v) is 7.94. The predicted octanol–water partition coefficient (Wildman–Crippen LogP) is 3.50. The highest BCUT2D eigenvalue weighted by Gasteiger charge is 2.17. The number of carbonyl (C=O) groups excluding carboxylic acids is 1. The van der Waals surface area contributed by atoms with Gasteiger partial charge in [-0.3, -0.25) is 9.89 Å². The van der Waals surface area contributed by atoms with Crippen molar-refractivity contribution in [1.29, 1.82) is 0 Å². The zero-order valence-corrected chi connectivity index (χ0v) is 16.7. The third-order valence-corrected chi connectivity index (χ3v) is 5.88. The lowest BCUT2D eigenvalue weighted by Crippen LogP contribution is -2.09. The normalized spacial score (nSPS) is 11.2. The summed E-state index contributed by atoms with van der Waals surface area (Å²) >= 11 is 3.06. The number of rotatable bonds is 9. The van der Waals surface area contributed by atoms with Crippen LogP contribution in [-0.4, -0.2) is 45.0 Å². The number of ketones is 1. The van der Waals surface area contributed by atoms with Crippen LogP contribution in [0, 0.1) is 13.8 Å². The number of Topliss-reactive ketones (excluding diaryl/α,β-unsaturated/α-hetero) is 1. The number of aromatic amines is 1. The Morgan fingerprint density at radius 3 is 3.00 bits per heavy atom. The summed E-state index contributed by atoms with van der Waals surface area (Å²) in [6, 6.07) is 6.05. The number of aryl methyl sites for hydroxylation is 1. The van der Waals surface area contributed by atoms with E-state index >= 15 is 0 Å². The van der Waals surface area contributed by atoms with Crippen molar-refractivity contribution in [3.8, 4) is 0 Å². The molecule has 0 amide bonds. The molecule has 0 atom stereocenters. The largest absolute Gasteiger partial charge is 0.383 e. The van der Waals surface area contributed by atoms with Crippen molar-refractivity contribution in [1.82, 2.24) is 19.7 Å². The molecule has 26 heavy (non-hydrogen) atoms. The Morgan fingerprint density at radius 1 is 1.42 bits per heavy atom. The van der Waals surface area contributed by atoms with E-state index in [1.165, 1.54) is 16.6 Å². The highest BCUT2D eigenvalue weighted by molar-refractivity contribution is 7.99. The van der Waals surface area contributed by atoms with Gasteiger partial charge in [0.25, 0.3) is 0 Å². The Morgan fingerprint density at radius 2 is 2.27 bits per heavy atom. The number of nitrogens with zero attached hydrogens (tertiary/aromatic N) is 3. The van der Waals surface area contributed by atoms with Crippen molar-refractivity contribution in [2.45, 2.75) is 32.0 Å². The molecular weight excluding hydrogens is 368 g/mol. The summed E-state index contributed by atoms with van der Waals surface area (Å²) in [5.41, 5.74) is 2.82. The molecule has 0 aliphatic heterocycles. The summed E-state index contributed by atoms with van der Waals surface area (Å²) in [6.45, 7) is 5.37. The average Bonchev–Trinajstić information content (AvgIpc) is 3.34. The Kier molecular flexibility index (Phi) is 6.29. The van der Waals surface area contributed by atoms with Crippen molar-refractivity contribution in [2.24, 2.45) is 0 Å². The van der Waals surface area contributed by atoms with Gasteiger partial charge in [0, 0.05) is 41.9 Å². The molecule has 138 valence electrons. The summed E-state index contributed by atoms with van der Waals surface area (Å²) < 4.78 is 7.26. The summed E-state index contributed by atoms with van der Waals surface area (Å²) in [7, 11) is 1.68. The number of carbonyl (C=O) groups is 1. The van der Waals surface area contributed by atoms with E-state index in [9.17, 15) is 4.79 Å². The van der Waals surface area contributed by atoms with Crippen molar-refractivity contribution < 1.29 is 9.53 Å². The standard InChI is InChI=1S/C18H22N4O2S2/c1-12-9-15(13(2)22(12)6-7-24-3)16(23)11-26-18-19-17(20-21-18)10-14-5-4-8-25-14/h4-5,8-9H,6-7,10-11H2,1-3H3,(H,19,20,21). The lowest BCUT2D eigenvalue weighted by Gasteiger charge is -2.08. The van der Waals surface area contributed by atoms with Gasteiger partial charge in [0.1, 0.15) is 5.82 Å². The molecule has 3 aromatic heterocycles. The van der Waals surface area contributed by atoms with E-state index in [0.29, 0.717) is 17.5 Å². The number of hydrogen-bond donors (Lipinski definition) is 1. The average molecular weight is 391 g/mol. The maximum Gasteiger partial charge on any atom is 0.208 e. The summed E-state index contributed by atoms with van der Waals surface area (Å²) in [4.78, 5) is 18.3. The minimum atomic E-state index is 0.0939.